The van der Waals surface area contributed by atoms with Gasteiger partial charge in [0, 0.05) is 0 Å². The zero-order valence-electron chi connectivity index (χ0n) is 9.08. The molecule has 2 rings (SSSR count). The number of rotatable bonds is 0. The number of phenolic OH excluding ortho intramolecular Hbond substituents is 2. The fourth-order valence-electron chi connectivity index (χ4n) is 0.856. The molecule has 0 heterocycles. The number of benzene rings is 2. The second kappa shape index (κ2) is 9.34. The SMILES string of the molecule is C=C.Oc1ccccc1.Oc1ccccc1. The van der Waals surface area contributed by atoms with Gasteiger partial charge < -0.3 is 10.2 Å². The summed E-state index contributed by atoms with van der Waals surface area (Å²) >= 11 is 0. The molecule has 0 aromatic heterocycles. The van der Waals surface area contributed by atoms with Crippen molar-refractivity contribution in [3.63, 3.8) is 0 Å². The van der Waals surface area contributed by atoms with Crippen LogP contribution >= 0.6 is 0 Å². The van der Waals surface area contributed by atoms with E-state index in [2.05, 4.69) is 13.2 Å². The Morgan fingerprint density at radius 3 is 0.938 bits per heavy atom. The van der Waals surface area contributed by atoms with Crippen molar-refractivity contribution in [1.82, 2.24) is 0 Å². The smallest absolute Gasteiger partial charge is 0.115 e. The number of aromatic hydroxyl groups is 2. The Morgan fingerprint density at radius 2 is 0.812 bits per heavy atom. The van der Waals surface area contributed by atoms with Gasteiger partial charge in [-0.15, -0.1) is 13.2 Å². The van der Waals surface area contributed by atoms with E-state index >= 15 is 0 Å². The fraction of sp³-hybridized carbons (Fsp3) is 0. The van der Waals surface area contributed by atoms with Gasteiger partial charge in [-0.3, -0.25) is 0 Å². The van der Waals surface area contributed by atoms with E-state index in [0.29, 0.717) is 11.5 Å². The summed E-state index contributed by atoms with van der Waals surface area (Å²) in [6, 6.07) is 17.4. The second-order valence-electron chi connectivity index (χ2n) is 2.67. The minimum Gasteiger partial charge on any atom is -0.508 e. The van der Waals surface area contributed by atoms with E-state index in [1.807, 2.05) is 12.1 Å². The molecule has 0 aliphatic rings. The first-order valence-corrected chi connectivity index (χ1v) is 4.77. The lowest BCUT2D eigenvalue weighted by Gasteiger charge is -1.82. The minimum absolute atomic E-state index is 0.322. The standard InChI is InChI=1S/2C6H6O.C2H4/c2*7-6-4-2-1-3-5-6;1-2/h2*1-5,7H;1-2H2. The molecular weight excluding hydrogens is 200 g/mol. The van der Waals surface area contributed by atoms with Crippen LogP contribution < -0.4 is 0 Å². The zero-order valence-corrected chi connectivity index (χ0v) is 9.08. The molecule has 2 N–H and O–H groups in total. The molecule has 2 nitrogen and oxygen atoms in total. The van der Waals surface area contributed by atoms with Crippen molar-refractivity contribution in [3.05, 3.63) is 73.8 Å². The first kappa shape index (κ1) is 13.8. The van der Waals surface area contributed by atoms with Crippen LogP contribution in [0.2, 0.25) is 0 Å². The number of phenols is 2. The molecule has 0 bridgehead atoms. The quantitative estimate of drug-likeness (QED) is 0.661. The van der Waals surface area contributed by atoms with Gasteiger partial charge in [0.25, 0.3) is 0 Å². The highest BCUT2D eigenvalue weighted by Crippen LogP contribution is 2.03. The number of hydrogen-bond acceptors (Lipinski definition) is 2. The minimum atomic E-state index is 0.322. The molecule has 16 heavy (non-hydrogen) atoms. The monoisotopic (exact) mass is 216 g/mol. The summed E-state index contributed by atoms with van der Waals surface area (Å²) in [6.07, 6.45) is 0. The Hall–Kier alpha value is -2.22. The Balaban J connectivity index is 0.000000244. The lowest BCUT2D eigenvalue weighted by molar-refractivity contribution is 0.475. The van der Waals surface area contributed by atoms with Gasteiger partial charge >= 0.3 is 0 Å². The molecule has 2 aromatic rings. The van der Waals surface area contributed by atoms with Crippen LogP contribution in [-0.4, -0.2) is 10.2 Å². The van der Waals surface area contributed by atoms with Crippen LogP contribution in [0.4, 0.5) is 0 Å². The Morgan fingerprint density at radius 1 is 0.562 bits per heavy atom. The van der Waals surface area contributed by atoms with E-state index in [1.165, 1.54) is 0 Å². The second-order valence-corrected chi connectivity index (χ2v) is 2.67. The molecule has 0 aliphatic heterocycles. The molecule has 0 atom stereocenters. The largest absolute Gasteiger partial charge is 0.508 e. The summed E-state index contributed by atoms with van der Waals surface area (Å²) in [4.78, 5) is 0. The Kier molecular flexibility index (Phi) is 8.04. The van der Waals surface area contributed by atoms with Gasteiger partial charge in [-0.25, -0.2) is 0 Å². The van der Waals surface area contributed by atoms with Crippen LogP contribution in [-0.2, 0) is 0 Å². The van der Waals surface area contributed by atoms with Crippen molar-refractivity contribution in [2.24, 2.45) is 0 Å². The highest BCUT2D eigenvalue weighted by molar-refractivity contribution is 5.19. The van der Waals surface area contributed by atoms with E-state index in [9.17, 15) is 0 Å². The van der Waals surface area contributed by atoms with Crippen molar-refractivity contribution in [2.45, 2.75) is 0 Å². The predicted octanol–water partition coefficient (Wildman–Crippen LogP) is 3.59. The van der Waals surface area contributed by atoms with Crippen LogP contribution in [0.15, 0.2) is 73.8 Å². The van der Waals surface area contributed by atoms with Gasteiger partial charge in [0.1, 0.15) is 11.5 Å². The molecule has 0 saturated heterocycles. The van der Waals surface area contributed by atoms with E-state index in [1.54, 1.807) is 48.5 Å². The maximum atomic E-state index is 8.63. The van der Waals surface area contributed by atoms with Crippen molar-refractivity contribution in [1.29, 1.82) is 0 Å². The average molecular weight is 216 g/mol. The first-order valence-electron chi connectivity index (χ1n) is 4.77. The van der Waals surface area contributed by atoms with E-state index < -0.39 is 0 Å². The third-order valence-corrected chi connectivity index (χ3v) is 1.51. The zero-order chi connectivity index (χ0) is 12.2. The molecular formula is C14H16O2. The number of para-hydroxylation sites is 2. The summed E-state index contributed by atoms with van der Waals surface area (Å²) < 4.78 is 0. The molecule has 0 radical (unpaired) electrons. The summed E-state index contributed by atoms with van der Waals surface area (Å²) in [5.41, 5.74) is 0. The van der Waals surface area contributed by atoms with Gasteiger partial charge in [0.15, 0.2) is 0 Å². The Bertz CT molecular complexity index is 320. The van der Waals surface area contributed by atoms with Crippen LogP contribution in [0.3, 0.4) is 0 Å². The third-order valence-electron chi connectivity index (χ3n) is 1.51. The van der Waals surface area contributed by atoms with Crippen molar-refractivity contribution < 1.29 is 10.2 Å². The van der Waals surface area contributed by atoms with Gasteiger partial charge in [0.05, 0.1) is 0 Å². The lowest BCUT2D eigenvalue weighted by atomic mass is 10.3. The molecule has 2 aromatic carbocycles. The average Bonchev–Trinajstić information content (AvgIpc) is 2.34. The molecule has 0 saturated carbocycles. The predicted molar refractivity (Wildman–Crippen MR) is 67.5 cm³/mol. The molecule has 0 amide bonds. The van der Waals surface area contributed by atoms with Crippen LogP contribution in [0.25, 0.3) is 0 Å². The summed E-state index contributed by atoms with van der Waals surface area (Å²) in [6.45, 7) is 6.00. The highest BCUT2D eigenvalue weighted by atomic mass is 16.3. The van der Waals surface area contributed by atoms with Gasteiger partial charge in [-0.2, -0.15) is 0 Å². The summed E-state index contributed by atoms with van der Waals surface area (Å²) in [7, 11) is 0. The van der Waals surface area contributed by atoms with E-state index in [0.717, 1.165) is 0 Å². The molecule has 2 heteroatoms. The molecule has 0 spiro atoms. The Labute approximate surface area is 96.1 Å². The maximum Gasteiger partial charge on any atom is 0.115 e. The van der Waals surface area contributed by atoms with Gasteiger partial charge in [-0.1, -0.05) is 36.4 Å². The number of hydrogen-bond donors (Lipinski definition) is 2. The highest BCUT2D eigenvalue weighted by Gasteiger charge is 1.75. The third kappa shape index (κ3) is 7.21. The van der Waals surface area contributed by atoms with Crippen LogP contribution in [0.1, 0.15) is 0 Å². The first-order chi connectivity index (χ1) is 7.79. The fourth-order valence-corrected chi connectivity index (χ4v) is 0.856. The van der Waals surface area contributed by atoms with Crippen molar-refractivity contribution >= 4 is 0 Å². The van der Waals surface area contributed by atoms with Crippen LogP contribution in [0.5, 0.6) is 11.5 Å². The van der Waals surface area contributed by atoms with E-state index in [-0.39, 0.29) is 0 Å². The van der Waals surface area contributed by atoms with Crippen molar-refractivity contribution in [3.8, 4) is 11.5 Å². The topological polar surface area (TPSA) is 40.5 Å². The maximum absolute atomic E-state index is 8.63. The van der Waals surface area contributed by atoms with Crippen molar-refractivity contribution in [2.75, 3.05) is 0 Å². The van der Waals surface area contributed by atoms with Gasteiger partial charge in [-0.05, 0) is 24.3 Å². The molecule has 0 fully saturated rings. The summed E-state index contributed by atoms with van der Waals surface area (Å²) in [5.74, 6) is 0.644. The van der Waals surface area contributed by atoms with Gasteiger partial charge in [0.2, 0.25) is 0 Å². The summed E-state index contributed by atoms with van der Waals surface area (Å²) in [5, 5.41) is 17.3. The molecule has 84 valence electrons. The normalized spacial score (nSPS) is 7.75. The molecule has 0 unspecified atom stereocenters. The van der Waals surface area contributed by atoms with Crippen LogP contribution in [0, 0.1) is 0 Å². The van der Waals surface area contributed by atoms with E-state index in [4.69, 9.17) is 10.2 Å². The lowest BCUT2D eigenvalue weighted by Crippen LogP contribution is -1.56. The molecule has 0 aliphatic carbocycles.